The zero-order chi connectivity index (χ0) is 21.9. The third-order valence-corrected chi connectivity index (χ3v) is 6.33. The molecule has 0 bridgehead atoms. The van der Waals surface area contributed by atoms with Gasteiger partial charge in [-0.25, -0.2) is 4.79 Å². The second-order valence-corrected chi connectivity index (χ2v) is 9.87. The van der Waals surface area contributed by atoms with Crippen molar-refractivity contribution in [3.8, 4) is 0 Å². The van der Waals surface area contributed by atoms with Gasteiger partial charge >= 0.3 is 6.09 Å². The van der Waals surface area contributed by atoms with E-state index in [1.54, 1.807) is 7.05 Å². The van der Waals surface area contributed by atoms with Gasteiger partial charge in [-0.2, -0.15) is 0 Å². The maximum atomic E-state index is 12.2. The Morgan fingerprint density at radius 3 is 2.23 bits per heavy atom. The van der Waals surface area contributed by atoms with Crippen LogP contribution in [0.15, 0.2) is 24.3 Å². The SMILES string of the molecule is CCCC(C(=O)NC)c1ccc(N2CCC3(CC2)CN(C(=O)OC(C)(C)C)C3)cc1. The Hall–Kier alpha value is -2.24. The number of carbonyl (C=O) groups excluding carboxylic acids is 2. The van der Waals surface area contributed by atoms with E-state index in [2.05, 4.69) is 41.4 Å². The van der Waals surface area contributed by atoms with Crippen molar-refractivity contribution in [2.45, 2.75) is 64.9 Å². The molecule has 166 valence electrons. The average Bonchev–Trinajstić information content (AvgIpc) is 2.68. The first-order valence-corrected chi connectivity index (χ1v) is 11.2. The molecule has 1 N–H and O–H groups in total. The average molecular weight is 416 g/mol. The number of hydrogen-bond acceptors (Lipinski definition) is 4. The standard InChI is InChI=1S/C24H37N3O3/c1-6-7-20(21(28)25-5)18-8-10-19(11-9-18)26-14-12-24(13-15-26)16-27(17-24)22(29)30-23(2,3)4/h8-11,20H,6-7,12-17H2,1-5H3,(H,25,28). The van der Waals surface area contributed by atoms with Crippen LogP contribution in [0.5, 0.6) is 0 Å². The Labute approximate surface area is 180 Å². The fraction of sp³-hybridized carbons (Fsp3) is 0.667. The summed E-state index contributed by atoms with van der Waals surface area (Å²) in [7, 11) is 1.70. The highest BCUT2D eigenvalue weighted by Gasteiger charge is 2.47. The van der Waals surface area contributed by atoms with Gasteiger partial charge in [-0.15, -0.1) is 0 Å². The first-order chi connectivity index (χ1) is 14.2. The molecule has 2 aliphatic heterocycles. The first kappa shape index (κ1) is 22.4. The van der Waals surface area contributed by atoms with E-state index in [9.17, 15) is 9.59 Å². The molecule has 0 aromatic heterocycles. The summed E-state index contributed by atoms with van der Waals surface area (Å²) in [6.07, 6.45) is 3.83. The lowest BCUT2D eigenvalue weighted by Gasteiger charge is -2.54. The van der Waals surface area contributed by atoms with Gasteiger partial charge in [0.15, 0.2) is 0 Å². The van der Waals surface area contributed by atoms with Crippen LogP contribution in [0, 0.1) is 5.41 Å². The van der Waals surface area contributed by atoms with Gasteiger partial charge in [0.2, 0.25) is 5.91 Å². The van der Waals surface area contributed by atoms with Crippen molar-refractivity contribution in [1.82, 2.24) is 10.2 Å². The summed E-state index contributed by atoms with van der Waals surface area (Å²) in [5.41, 5.74) is 2.10. The summed E-state index contributed by atoms with van der Waals surface area (Å²) >= 11 is 0. The number of amides is 2. The molecule has 6 heteroatoms. The fourth-order valence-electron chi connectivity index (χ4n) is 4.60. The molecule has 1 unspecified atom stereocenters. The van der Waals surface area contributed by atoms with Crippen LogP contribution < -0.4 is 10.2 Å². The van der Waals surface area contributed by atoms with Gasteiger partial charge in [-0.05, 0) is 57.7 Å². The summed E-state index contributed by atoms with van der Waals surface area (Å²) < 4.78 is 5.49. The van der Waals surface area contributed by atoms with Crippen molar-refractivity contribution in [2.75, 3.05) is 38.1 Å². The number of benzene rings is 1. The quantitative estimate of drug-likeness (QED) is 0.785. The van der Waals surface area contributed by atoms with Crippen LogP contribution in [0.4, 0.5) is 10.5 Å². The van der Waals surface area contributed by atoms with Crippen LogP contribution in [0.1, 0.15) is 64.9 Å². The third kappa shape index (κ3) is 5.08. The van der Waals surface area contributed by atoms with Crippen molar-refractivity contribution < 1.29 is 14.3 Å². The van der Waals surface area contributed by atoms with E-state index in [0.29, 0.717) is 0 Å². The van der Waals surface area contributed by atoms with Crippen LogP contribution in [0.3, 0.4) is 0 Å². The zero-order valence-electron chi connectivity index (χ0n) is 19.2. The first-order valence-electron chi connectivity index (χ1n) is 11.2. The van der Waals surface area contributed by atoms with Crippen molar-refractivity contribution >= 4 is 17.7 Å². The molecule has 2 heterocycles. The number of rotatable bonds is 5. The molecule has 30 heavy (non-hydrogen) atoms. The van der Waals surface area contributed by atoms with E-state index in [1.165, 1.54) is 5.69 Å². The number of hydrogen-bond donors (Lipinski definition) is 1. The Bertz CT molecular complexity index is 738. The maximum Gasteiger partial charge on any atom is 0.410 e. The van der Waals surface area contributed by atoms with Crippen molar-refractivity contribution in [2.24, 2.45) is 5.41 Å². The number of anilines is 1. The molecule has 2 aliphatic rings. The van der Waals surface area contributed by atoms with Crippen molar-refractivity contribution in [3.63, 3.8) is 0 Å². The molecule has 2 saturated heterocycles. The minimum absolute atomic E-state index is 0.0764. The smallest absolute Gasteiger partial charge is 0.410 e. The third-order valence-electron chi connectivity index (χ3n) is 6.33. The molecule has 0 saturated carbocycles. The van der Waals surface area contributed by atoms with Crippen LogP contribution in [-0.4, -0.2) is 55.7 Å². The van der Waals surface area contributed by atoms with Gasteiger partial charge in [-0.3, -0.25) is 4.79 Å². The molecule has 1 spiro atoms. The van der Waals surface area contributed by atoms with Crippen LogP contribution in [0.2, 0.25) is 0 Å². The summed E-state index contributed by atoms with van der Waals surface area (Å²) in [5, 5.41) is 2.79. The molecule has 6 nitrogen and oxygen atoms in total. The maximum absolute atomic E-state index is 12.2. The molecule has 0 aliphatic carbocycles. The van der Waals surface area contributed by atoms with E-state index < -0.39 is 5.60 Å². The lowest BCUT2D eigenvalue weighted by Crippen LogP contribution is -2.62. The molecule has 0 radical (unpaired) electrons. The number of likely N-dealkylation sites (tertiary alicyclic amines) is 1. The molecular formula is C24H37N3O3. The van der Waals surface area contributed by atoms with Crippen LogP contribution in [0.25, 0.3) is 0 Å². The number of piperidine rings is 1. The predicted molar refractivity (Wildman–Crippen MR) is 120 cm³/mol. The molecular weight excluding hydrogens is 378 g/mol. The number of nitrogens with one attached hydrogen (secondary N) is 1. The summed E-state index contributed by atoms with van der Waals surface area (Å²) in [6.45, 7) is 11.4. The summed E-state index contributed by atoms with van der Waals surface area (Å²) in [4.78, 5) is 28.7. The molecule has 1 atom stereocenters. The van der Waals surface area contributed by atoms with Crippen molar-refractivity contribution in [1.29, 1.82) is 0 Å². The molecule has 2 amide bonds. The van der Waals surface area contributed by atoms with Gasteiger partial charge in [0, 0.05) is 44.3 Å². The Morgan fingerprint density at radius 2 is 1.73 bits per heavy atom. The monoisotopic (exact) mass is 415 g/mol. The number of nitrogens with zero attached hydrogens (tertiary/aromatic N) is 2. The Morgan fingerprint density at radius 1 is 1.13 bits per heavy atom. The van der Waals surface area contributed by atoms with Gasteiger partial charge in [0.25, 0.3) is 0 Å². The highest BCUT2D eigenvalue weighted by atomic mass is 16.6. The normalized spacial score (nSPS) is 19.2. The minimum atomic E-state index is -0.441. The van der Waals surface area contributed by atoms with Gasteiger partial charge in [-0.1, -0.05) is 25.5 Å². The van der Waals surface area contributed by atoms with E-state index in [4.69, 9.17) is 4.74 Å². The van der Waals surface area contributed by atoms with E-state index in [1.807, 2.05) is 25.7 Å². The lowest BCUT2D eigenvalue weighted by molar-refractivity contribution is -0.122. The highest BCUT2D eigenvalue weighted by molar-refractivity contribution is 5.83. The van der Waals surface area contributed by atoms with E-state index in [-0.39, 0.29) is 23.3 Å². The largest absolute Gasteiger partial charge is 0.444 e. The van der Waals surface area contributed by atoms with E-state index >= 15 is 0 Å². The number of likely N-dealkylation sites (N-methyl/N-ethyl adjacent to an activating group) is 1. The fourth-order valence-corrected chi connectivity index (χ4v) is 4.60. The lowest BCUT2D eigenvalue weighted by atomic mass is 9.72. The number of carbonyl (C=O) groups is 2. The minimum Gasteiger partial charge on any atom is -0.444 e. The summed E-state index contributed by atoms with van der Waals surface area (Å²) in [6, 6.07) is 8.49. The summed E-state index contributed by atoms with van der Waals surface area (Å²) in [5.74, 6) is 0.0107. The van der Waals surface area contributed by atoms with Gasteiger partial charge < -0.3 is 19.9 Å². The van der Waals surface area contributed by atoms with Crippen LogP contribution in [-0.2, 0) is 9.53 Å². The molecule has 1 aromatic carbocycles. The molecule has 3 rings (SSSR count). The predicted octanol–water partition coefficient (Wildman–Crippen LogP) is 4.15. The Balaban J connectivity index is 1.53. The topological polar surface area (TPSA) is 61.9 Å². The van der Waals surface area contributed by atoms with Crippen LogP contribution >= 0.6 is 0 Å². The van der Waals surface area contributed by atoms with E-state index in [0.717, 1.165) is 57.4 Å². The van der Waals surface area contributed by atoms with Crippen molar-refractivity contribution in [3.05, 3.63) is 29.8 Å². The van der Waals surface area contributed by atoms with Gasteiger partial charge in [0.05, 0.1) is 5.92 Å². The molecule has 2 fully saturated rings. The molecule has 1 aromatic rings. The zero-order valence-corrected chi connectivity index (χ0v) is 19.2. The van der Waals surface area contributed by atoms with Gasteiger partial charge in [0.1, 0.15) is 5.60 Å². The number of ether oxygens (including phenoxy) is 1. The second-order valence-electron chi connectivity index (χ2n) is 9.87. The highest BCUT2D eigenvalue weighted by Crippen LogP contribution is 2.42. The Kier molecular flexibility index (Phi) is 6.63. The second kappa shape index (κ2) is 8.86.